The molecule has 1 aromatic carbocycles. The van der Waals surface area contributed by atoms with Crippen molar-refractivity contribution in [3.63, 3.8) is 0 Å². The topological polar surface area (TPSA) is 74.0 Å². The lowest BCUT2D eigenvalue weighted by molar-refractivity contribution is -0.123. The van der Waals surface area contributed by atoms with Crippen LogP contribution in [0.4, 0.5) is 0 Å². The molecule has 6 nitrogen and oxygen atoms in total. The van der Waals surface area contributed by atoms with Gasteiger partial charge in [0.05, 0.1) is 24.0 Å². The molecule has 0 saturated heterocycles. The Morgan fingerprint density at radius 3 is 2.52 bits per heavy atom. The highest BCUT2D eigenvalue weighted by molar-refractivity contribution is 5.79. The third-order valence-corrected chi connectivity index (χ3v) is 5.07. The van der Waals surface area contributed by atoms with Crippen molar-refractivity contribution in [1.82, 2.24) is 20.0 Å². The highest BCUT2D eigenvalue weighted by atomic mass is 16.2. The van der Waals surface area contributed by atoms with E-state index in [2.05, 4.69) is 16.5 Å². The molecule has 0 fully saturated rings. The average molecular weight is 367 g/mol. The number of rotatable bonds is 7. The zero-order chi connectivity index (χ0) is 20.2. The predicted octanol–water partition coefficient (Wildman–Crippen LogP) is 2.98. The van der Waals surface area contributed by atoms with Crippen molar-refractivity contribution in [2.45, 2.75) is 46.7 Å². The molecule has 0 spiro atoms. The standard InChI is InChI=1S/C21H29N5O/c1-15(2)21(5,14-22)23-20(27)13-25(6)12-19-16(3)24-26(17(19)4)18-10-8-7-9-11-18/h7-11,15H,12-13H2,1-6H3,(H,23,27)/t21-/m1/s1. The summed E-state index contributed by atoms with van der Waals surface area (Å²) in [6.07, 6.45) is 0. The van der Waals surface area contributed by atoms with E-state index in [0.717, 1.165) is 22.6 Å². The summed E-state index contributed by atoms with van der Waals surface area (Å²) in [7, 11) is 1.90. The second kappa shape index (κ2) is 8.36. The first-order valence-electron chi connectivity index (χ1n) is 9.19. The first-order chi connectivity index (χ1) is 12.7. The second-order valence-corrected chi connectivity index (χ2v) is 7.59. The first-order valence-corrected chi connectivity index (χ1v) is 9.19. The van der Waals surface area contributed by atoms with Crippen molar-refractivity contribution in [1.29, 1.82) is 5.26 Å². The molecule has 1 amide bonds. The summed E-state index contributed by atoms with van der Waals surface area (Å²) in [5.74, 6) is -0.119. The fraction of sp³-hybridized carbons (Fsp3) is 0.476. The fourth-order valence-corrected chi connectivity index (χ4v) is 2.93. The van der Waals surface area contributed by atoms with Gasteiger partial charge in [0, 0.05) is 17.8 Å². The number of hydrogen-bond acceptors (Lipinski definition) is 4. The van der Waals surface area contributed by atoms with Crippen molar-refractivity contribution in [2.75, 3.05) is 13.6 Å². The normalized spacial score (nSPS) is 13.4. The molecule has 0 saturated carbocycles. The van der Waals surface area contributed by atoms with E-state index in [4.69, 9.17) is 0 Å². The Morgan fingerprint density at radius 1 is 1.33 bits per heavy atom. The number of hydrogen-bond donors (Lipinski definition) is 1. The van der Waals surface area contributed by atoms with Crippen molar-refractivity contribution in [3.05, 3.63) is 47.3 Å². The van der Waals surface area contributed by atoms with E-state index in [-0.39, 0.29) is 18.4 Å². The minimum atomic E-state index is -0.859. The van der Waals surface area contributed by atoms with Crippen molar-refractivity contribution in [3.8, 4) is 11.8 Å². The van der Waals surface area contributed by atoms with Crippen LogP contribution in [0, 0.1) is 31.1 Å². The van der Waals surface area contributed by atoms with Gasteiger partial charge in [0.1, 0.15) is 5.54 Å². The Balaban J connectivity index is 2.08. The number of carbonyl (C=O) groups excluding carboxylic acids is 1. The number of aromatic nitrogens is 2. The molecular formula is C21H29N5O. The zero-order valence-electron chi connectivity index (χ0n) is 17.1. The lowest BCUT2D eigenvalue weighted by atomic mass is 9.90. The average Bonchev–Trinajstić information content (AvgIpc) is 2.90. The van der Waals surface area contributed by atoms with Crippen LogP contribution in [-0.4, -0.2) is 39.7 Å². The Kier molecular flexibility index (Phi) is 6.40. The summed E-state index contributed by atoms with van der Waals surface area (Å²) >= 11 is 0. The van der Waals surface area contributed by atoms with Gasteiger partial charge in [-0.15, -0.1) is 0 Å². The van der Waals surface area contributed by atoms with Crippen LogP contribution in [0.25, 0.3) is 5.69 Å². The Bertz CT molecular complexity index is 834. The van der Waals surface area contributed by atoms with Crippen LogP contribution in [0.2, 0.25) is 0 Å². The van der Waals surface area contributed by atoms with E-state index in [9.17, 15) is 10.1 Å². The molecule has 1 atom stereocenters. The van der Waals surface area contributed by atoms with Crippen LogP contribution in [-0.2, 0) is 11.3 Å². The third-order valence-electron chi connectivity index (χ3n) is 5.07. The molecule has 27 heavy (non-hydrogen) atoms. The third kappa shape index (κ3) is 4.75. The minimum absolute atomic E-state index is 0.0327. The van der Waals surface area contributed by atoms with Gasteiger partial charge in [0.25, 0.3) is 0 Å². The summed E-state index contributed by atoms with van der Waals surface area (Å²) in [5, 5.41) is 16.9. The molecule has 6 heteroatoms. The summed E-state index contributed by atoms with van der Waals surface area (Å²) in [5.41, 5.74) is 3.29. The Morgan fingerprint density at radius 2 is 1.96 bits per heavy atom. The SMILES string of the molecule is Cc1nn(-c2ccccc2)c(C)c1CN(C)CC(=O)N[C@](C)(C#N)C(C)C. The maximum absolute atomic E-state index is 12.4. The van der Waals surface area contributed by atoms with Crippen LogP contribution < -0.4 is 5.32 Å². The number of carbonyl (C=O) groups is 1. The number of likely N-dealkylation sites (N-methyl/N-ethyl adjacent to an activating group) is 1. The number of nitrogens with one attached hydrogen (secondary N) is 1. The molecule has 0 aliphatic carbocycles. The Hall–Kier alpha value is -2.65. The highest BCUT2D eigenvalue weighted by Gasteiger charge is 2.30. The molecular weight excluding hydrogens is 338 g/mol. The van der Waals surface area contributed by atoms with Gasteiger partial charge in [-0.3, -0.25) is 9.69 Å². The van der Waals surface area contributed by atoms with Crippen LogP contribution in [0.3, 0.4) is 0 Å². The molecule has 2 aromatic rings. The summed E-state index contributed by atoms with van der Waals surface area (Å²) in [6, 6.07) is 12.2. The quantitative estimate of drug-likeness (QED) is 0.816. The second-order valence-electron chi connectivity index (χ2n) is 7.59. The number of para-hydroxylation sites is 1. The summed E-state index contributed by atoms with van der Waals surface area (Å²) < 4.78 is 1.93. The van der Waals surface area contributed by atoms with Crippen LogP contribution in [0.5, 0.6) is 0 Å². The molecule has 0 aliphatic rings. The van der Waals surface area contributed by atoms with Gasteiger partial charge in [0.15, 0.2) is 0 Å². The molecule has 0 radical (unpaired) electrons. The highest BCUT2D eigenvalue weighted by Crippen LogP contribution is 2.19. The number of nitriles is 1. The Labute approximate surface area is 161 Å². The van der Waals surface area contributed by atoms with Crippen molar-refractivity contribution in [2.24, 2.45) is 5.92 Å². The maximum Gasteiger partial charge on any atom is 0.235 e. The van der Waals surface area contributed by atoms with Crippen LogP contribution in [0.1, 0.15) is 37.7 Å². The molecule has 1 heterocycles. The van der Waals surface area contributed by atoms with E-state index in [1.165, 1.54) is 0 Å². The number of aryl methyl sites for hydroxylation is 1. The molecule has 2 rings (SSSR count). The van der Waals surface area contributed by atoms with E-state index in [1.54, 1.807) is 6.92 Å². The monoisotopic (exact) mass is 367 g/mol. The lowest BCUT2D eigenvalue weighted by Gasteiger charge is -2.28. The lowest BCUT2D eigenvalue weighted by Crippen LogP contribution is -2.51. The molecule has 0 unspecified atom stereocenters. The largest absolute Gasteiger partial charge is 0.337 e. The summed E-state index contributed by atoms with van der Waals surface area (Å²) in [6.45, 7) is 10.5. The van der Waals surface area contributed by atoms with E-state index in [1.807, 2.05) is 74.7 Å². The molecule has 1 N–H and O–H groups in total. The van der Waals surface area contributed by atoms with Gasteiger partial charge >= 0.3 is 0 Å². The zero-order valence-corrected chi connectivity index (χ0v) is 17.1. The molecule has 1 aromatic heterocycles. The van der Waals surface area contributed by atoms with Gasteiger partial charge in [0.2, 0.25) is 5.91 Å². The number of amides is 1. The van der Waals surface area contributed by atoms with Gasteiger partial charge in [-0.25, -0.2) is 4.68 Å². The van der Waals surface area contributed by atoms with E-state index in [0.29, 0.717) is 6.54 Å². The maximum atomic E-state index is 12.4. The minimum Gasteiger partial charge on any atom is -0.337 e. The van der Waals surface area contributed by atoms with Crippen molar-refractivity contribution >= 4 is 5.91 Å². The predicted molar refractivity (Wildman–Crippen MR) is 106 cm³/mol. The van der Waals surface area contributed by atoms with Gasteiger partial charge < -0.3 is 5.32 Å². The number of nitrogens with zero attached hydrogens (tertiary/aromatic N) is 4. The molecule has 144 valence electrons. The summed E-state index contributed by atoms with van der Waals surface area (Å²) in [4.78, 5) is 14.3. The number of benzene rings is 1. The van der Waals surface area contributed by atoms with Crippen molar-refractivity contribution < 1.29 is 4.79 Å². The van der Waals surface area contributed by atoms with Crippen LogP contribution >= 0.6 is 0 Å². The first kappa shape index (κ1) is 20.7. The van der Waals surface area contributed by atoms with Gasteiger partial charge in [-0.05, 0) is 45.9 Å². The van der Waals surface area contributed by atoms with Gasteiger partial charge in [-0.1, -0.05) is 32.0 Å². The smallest absolute Gasteiger partial charge is 0.235 e. The van der Waals surface area contributed by atoms with Crippen LogP contribution in [0.15, 0.2) is 30.3 Å². The van der Waals surface area contributed by atoms with E-state index >= 15 is 0 Å². The molecule has 0 aliphatic heterocycles. The molecule has 0 bridgehead atoms. The van der Waals surface area contributed by atoms with Gasteiger partial charge in [-0.2, -0.15) is 10.4 Å². The fourth-order valence-electron chi connectivity index (χ4n) is 2.93. The van der Waals surface area contributed by atoms with E-state index < -0.39 is 5.54 Å².